The molecule has 2 rings (SSSR count). The molecule has 0 spiro atoms. The van der Waals surface area contributed by atoms with Crippen molar-refractivity contribution in [3.63, 3.8) is 0 Å². The predicted molar refractivity (Wildman–Crippen MR) is 115 cm³/mol. The number of hydrogen-bond acceptors (Lipinski definition) is 4. The van der Waals surface area contributed by atoms with Gasteiger partial charge in [-0.1, -0.05) is 30.7 Å². The molecule has 0 aromatic heterocycles. The SMILES string of the molecule is CCc1ccc(NC(=O)C(=O)NN=C(C)CC(=O)Nc2ccc(Cl)cc2C)cc1. The van der Waals surface area contributed by atoms with Crippen molar-refractivity contribution < 1.29 is 14.4 Å². The number of hydrazone groups is 1. The lowest BCUT2D eigenvalue weighted by Gasteiger charge is -2.09. The average Bonchev–Trinajstić information content (AvgIpc) is 2.68. The van der Waals surface area contributed by atoms with Gasteiger partial charge in [0.1, 0.15) is 0 Å². The van der Waals surface area contributed by atoms with Crippen LogP contribution in [0.4, 0.5) is 11.4 Å². The molecule has 2 aromatic carbocycles. The number of benzene rings is 2. The Hall–Kier alpha value is -3.19. The molecule has 0 saturated heterocycles. The minimum atomic E-state index is -0.919. The van der Waals surface area contributed by atoms with Gasteiger partial charge in [-0.3, -0.25) is 14.4 Å². The van der Waals surface area contributed by atoms with E-state index in [1.165, 1.54) is 0 Å². The van der Waals surface area contributed by atoms with E-state index in [1.54, 1.807) is 37.3 Å². The van der Waals surface area contributed by atoms with Gasteiger partial charge in [-0.2, -0.15) is 5.10 Å². The lowest BCUT2D eigenvalue weighted by Crippen LogP contribution is -2.33. The number of carbonyl (C=O) groups is 3. The molecular weight excluding hydrogens is 392 g/mol. The Balaban J connectivity index is 1.84. The molecule has 8 heteroatoms. The number of hydrogen-bond donors (Lipinski definition) is 3. The normalized spacial score (nSPS) is 11.0. The number of amides is 3. The summed E-state index contributed by atoms with van der Waals surface area (Å²) in [4.78, 5) is 35.9. The minimum absolute atomic E-state index is 0.0392. The summed E-state index contributed by atoms with van der Waals surface area (Å²) in [5, 5.41) is 9.63. The Morgan fingerprint density at radius 2 is 1.69 bits per heavy atom. The average molecular weight is 415 g/mol. The van der Waals surface area contributed by atoms with Crippen LogP contribution in [-0.2, 0) is 20.8 Å². The fourth-order valence-corrected chi connectivity index (χ4v) is 2.67. The van der Waals surface area contributed by atoms with Gasteiger partial charge in [0.25, 0.3) is 0 Å². The standard InChI is InChI=1S/C21H23ClN4O3/c1-4-15-5-8-17(9-6-15)23-20(28)21(29)26-25-14(3)12-19(27)24-18-10-7-16(22)11-13(18)2/h5-11H,4,12H2,1-3H3,(H,23,28)(H,24,27)(H,26,29). The number of nitrogens with one attached hydrogen (secondary N) is 3. The van der Waals surface area contributed by atoms with Crippen molar-refractivity contribution >= 4 is 46.4 Å². The molecule has 0 radical (unpaired) electrons. The second-order valence-electron chi connectivity index (χ2n) is 6.48. The summed E-state index contributed by atoms with van der Waals surface area (Å²) >= 11 is 5.89. The lowest BCUT2D eigenvalue weighted by molar-refractivity contribution is -0.136. The van der Waals surface area contributed by atoms with Crippen molar-refractivity contribution in [3.8, 4) is 0 Å². The van der Waals surface area contributed by atoms with Gasteiger partial charge in [0, 0.05) is 22.1 Å². The summed E-state index contributed by atoms with van der Waals surface area (Å²) in [5.74, 6) is -2.06. The zero-order valence-corrected chi connectivity index (χ0v) is 17.3. The first-order valence-corrected chi connectivity index (χ1v) is 9.45. The summed E-state index contributed by atoms with van der Waals surface area (Å²) < 4.78 is 0. The number of rotatable bonds is 6. The van der Waals surface area contributed by atoms with Crippen LogP contribution in [0.3, 0.4) is 0 Å². The van der Waals surface area contributed by atoms with Crippen LogP contribution in [-0.4, -0.2) is 23.4 Å². The van der Waals surface area contributed by atoms with Crippen molar-refractivity contribution in [3.05, 3.63) is 58.6 Å². The van der Waals surface area contributed by atoms with Gasteiger partial charge in [-0.15, -0.1) is 0 Å². The maximum absolute atomic E-state index is 12.1. The van der Waals surface area contributed by atoms with E-state index in [4.69, 9.17) is 11.6 Å². The summed E-state index contributed by atoms with van der Waals surface area (Å²) in [6.45, 7) is 5.44. The van der Waals surface area contributed by atoms with E-state index in [0.29, 0.717) is 22.1 Å². The largest absolute Gasteiger partial charge is 0.329 e. The van der Waals surface area contributed by atoms with E-state index >= 15 is 0 Å². The van der Waals surface area contributed by atoms with Crippen molar-refractivity contribution in [2.45, 2.75) is 33.6 Å². The first kappa shape index (κ1) is 22.1. The van der Waals surface area contributed by atoms with Gasteiger partial charge in [0.2, 0.25) is 5.91 Å². The smallest absolute Gasteiger partial charge is 0.326 e. The van der Waals surface area contributed by atoms with Gasteiger partial charge >= 0.3 is 11.8 Å². The summed E-state index contributed by atoms with van der Waals surface area (Å²) in [5.41, 5.74) is 5.62. The molecule has 3 N–H and O–H groups in total. The summed E-state index contributed by atoms with van der Waals surface area (Å²) in [6.07, 6.45) is 0.844. The van der Waals surface area contributed by atoms with Crippen LogP contribution in [0.2, 0.25) is 5.02 Å². The van der Waals surface area contributed by atoms with Crippen molar-refractivity contribution in [1.29, 1.82) is 0 Å². The molecule has 0 aliphatic rings. The first-order valence-electron chi connectivity index (χ1n) is 9.08. The van der Waals surface area contributed by atoms with Gasteiger partial charge in [0.15, 0.2) is 0 Å². The molecule has 2 aromatic rings. The molecule has 0 aliphatic heterocycles. The Kier molecular flexibility index (Phi) is 7.91. The van der Waals surface area contributed by atoms with Gasteiger partial charge in [-0.05, 0) is 61.7 Å². The van der Waals surface area contributed by atoms with Gasteiger partial charge in [0.05, 0.1) is 6.42 Å². The van der Waals surface area contributed by atoms with E-state index < -0.39 is 11.8 Å². The van der Waals surface area contributed by atoms with E-state index in [9.17, 15) is 14.4 Å². The van der Waals surface area contributed by atoms with Crippen LogP contribution in [0.1, 0.15) is 31.4 Å². The molecule has 0 atom stereocenters. The number of anilines is 2. The Morgan fingerprint density at radius 1 is 1.00 bits per heavy atom. The van der Waals surface area contributed by atoms with Crippen molar-refractivity contribution in [2.75, 3.05) is 10.6 Å². The molecule has 3 amide bonds. The molecule has 0 heterocycles. The van der Waals surface area contributed by atoms with Crippen molar-refractivity contribution in [1.82, 2.24) is 5.43 Å². The quantitative estimate of drug-likeness (QED) is 0.382. The van der Waals surface area contributed by atoms with Gasteiger partial charge < -0.3 is 10.6 Å². The highest BCUT2D eigenvalue weighted by molar-refractivity contribution is 6.39. The lowest BCUT2D eigenvalue weighted by atomic mass is 10.1. The zero-order chi connectivity index (χ0) is 21.4. The third kappa shape index (κ3) is 7.04. The van der Waals surface area contributed by atoms with Crippen LogP contribution >= 0.6 is 11.6 Å². The van der Waals surface area contributed by atoms with Gasteiger partial charge in [-0.25, -0.2) is 5.43 Å². The molecule has 0 unspecified atom stereocenters. The van der Waals surface area contributed by atoms with Crippen LogP contribution in [0.25, 0.3) is 0 Å². The Morgan fingerprint density at radius 3 is 2.31 bits per heavy atom. The van der Waals surface area contributed by atoms with Crippen molar-refractivity contribution in [2.24, 2.45) is 5.10 Å². The minimum Gasteiger partial charge on any atom is -0.326 e. The van der Waals surface area contributed by atoms with E-state index in [0.717, 1.165) is 17.5 Å². The maximum atomic E-state index is 12.1. The molecule has 0 bridgehead atoms. The number of carbonyl (C=O) groups excluding carboxylic acids is 3. The third-order valence-corrected chi connectivity index (χ3v) is 4.29. The van der Waals surface area contributed by atoms with E-state index in [2.05, 4.69) is 21.2 Å². The summed E-state index contributed by atoms with van der Waals surface area (Å²) in [6, 6.07) is 12.3. The zero-order valence-electron chi connectivity index (χ0n) is 16.5. The predicted octanol–water partition coefficient (Wildman–Crippen LogP) is 3.67. The topological polar surface area (TPSA) is 99.7 Å². The fraction of sp³-hybridized carbons (Fsp3) is 0.238. The van der Waals surface area contributed by atoms with E-state index in [-0.39, 0.29) is 12.3 Å². The number of aryl methyl sites for hydroxylation is 2. The van der Waals surface area contributed by atoms with Crippen LogP contribution in [0, 0.1) is 6.92 Å². The highest BCUT2D eigenvalue weighted by Crippen LogP contribution is 2.19. The number of halogens is 1. The monoisotopic (exact) mass is 414 g/mol. The van der Waals surface area contributed by atoms with E-state index in [1.807, 2.05) is 26.0 Å². The molecular formula is C21H23ClN4O3. The second-order valence-corrected chi connectivity index (χ2v) is 6.91. The molecule has 0 fully saturated rings. The second kappa shape index (κ2) is 10.4. The Bertz CT molecular complexity index is 939. The third-order valence-electron chi connectivity index (χ3n) is 4.05. The Labute approximate surface area is 174 Å². The highest BCUT2D eigenvalue weighted by Gasteiger charge is 2.14. The molecule has 0 aliphatic carbocycles. The van der Waals surface area contributed by atoms with Crippen LogP contribution in [0.15, 0.2) is 47.6 Å². The maximum Gasteiger partial charge on any atom is 0.329 e. The summed E-state index contributed by atoms with van der Waals surface area (Å²) in [7, 11) is 0. The first-order chi connectivity index (χ1) is 13.8. The van der Waals surface area contributed by atoms with Crippen LogP contribution < -0.4 is 16.1 Å². The molecule has 7 nitrogen and oxygen atoms in total. The molecule has 29 heavy (non-hydrogen) atoms. The van der Waals surface area contributed by atoms with Crippen LogP contribution in [0.5, 0.6) is 0 Å². The molecule has 152 valence electrons. The fourth-order valence-electron chi connectivity index (χ4n) is 2.44. The number of nitrogens with zero attached hydrogens (tertiary/aromatic N) is 1. The molecule has 0 saturated carbocycles. The highest BCUT2D eigenvalue weighted by atomic mass is 35.5.